The van der Waals surface area contributed by atoms with E-state index in [0.29, 0.717) is 23.8 Å². The fourth-order valence-corrected chi connectivity index (χ4v) is 3.95. The summed E-state index contributed by atoms with van der Waals surface area (Å²) in [5.41, 5.74) is 4.14. The van der Waals surface area contributed by atoms with Crippen LogP contribution in [0, 0.1) is 0 Å². The number of rotatable bonds is 12. The van der Waals surface area contributed by atoms with E-state index in [1.54, 1.807) is 21.3 Å². The van der Waals surface area contributed by atoms with Crippen LogP contribution in [0.5, 0.6) is 28.7 Å². The van der Waals surface area contributed by atoms with E-state index in [2.05, 4.69) is 22.8 Å². The van der Waals surface area contributed by atoms with Crippen molar-refractivity contribution >= 4 is 11.4 Å². The molecule has 0 aliphatic rings. The van der Waals surface area contributed by atoms with E-state index in [1.165, 1.54) is 5.56 Å². The molecule has 2 N–H and O–H groups in total. The summed E-state index contributed by atoms with van der Waals surface area (Å²) in [5, 5.41) is 6.87. The fourth-order valence-electron chi connectivity index (χ4n) is 3.95. The maximum atomic E-state index is 6.20. The molecule has 0 radical (unpaired) electrons. The number of ether oxygens (including phenoxy) is 4. The molecule has 0 saturated heterocycles. The highest BCUT2D eigenvalue weighted by atomic mass is 16.5. The van der Waals surface area contributed by atoms with Gasteiger partial charge in [0, 0.05) is 17.9 Å². The zero-order valence-corrected chi connectivity index (χ0v) is 20.9. The summed E-state index contributed by atoms with van der Waals surface area (Å²) in [6.45, 7) is 1.37. The monoisotopic (exact) mass is 484 g/mol. The summed E-state index contributed by atoms with van der Waals surface area (Å²) in [5.74, 6) is 3.61. The highest BCUT2D eigenvalue weighted by molar-refractivity contribution is 5.61. The van der Waals surface area contributed by atoms with E-state index >= 15 is 0 Å². The third-order valence-electron chi connectivity index (χ3n) is 5.78. The number of nitrogens with one attached hydrogen (secondary N) is 2. The molecule has 0 aliphatic carbocycles. The van der Waals surface area contributed by atoms with Gasteiger partial charge in [-0.05, 0) is 79.2 Å². The predicted molar refractivity (Wildman–Crippen MR) is 144 cm³/mol. The summed E-state index contributed by atoms with van der Waals surface area (Å²) >= 11 is 0. The predicted octanol–water partition coefficient (Wildman–Crippen LogP) is 6.58. The zero-order chi connectivity index (χ0) is 25.2. The van der Waals surface area contributed by atoms with Crippen LogP contribution < -0.4 is 29.6 Å². The van der Waals surface area contributed by atoms with Gasteiger partial charge in [0.2, 0.25) is 0 Å². The van der Waals surface area contributed by atoms with Crippen LogP contribution in [0.2, 0.25) is 0 Å². The average molecular weight is 485 g/mol. The lowest BCUT2D eigenvalue weighted by Crippen LogP contribution is -2.18. The van der Waals surface area contributed by atoms with E-state index < -0.39 is 0 Å². The van der Waals surface area contributed by atoms with Crippen LogP contribution in [0.25, 0.3) is 0 Å². The second kappa shape index (κ2) is 12.5. The molecule has 0 amide bonds. The normalized spacial score (nSPS) is 10.5. The summed E-state index contributed by atoms with van der Waals surface area (Å²) in [6.07, 6.45) is 0.876. The summed E-state index contributed by atoms with van der Waals surface area (Å²) < 4.78 is 22.9. The van der Waals surface area contributed by atoms with Crippen LogP contribution in [0.1, 0.15) is 11.1 Å². The fraction of sp³-hybridized carbons (Fsp3) is 0.200. The maximum Gasteiger partial charge on any atom is 0.169 e. The molecule has 0 aromatic heterocycles. The van der Waals surface area contributed by atoms with Gasteiger partial charge in [-0.1, -0.05) is 30.3 Å². The Morgan fingerprint density at radius 1 is 0.639 bits per heavy atom. The molecule has 4 aromatic rings. The molecule has 6 nitrogen and oxygen atoms in total. The molecule has 0 aliphatic heterocycles. The van der Waals surface area contributed by atoms with Crippen molar-refractivity contribution < 1.29 is 18.9 Å². The van der Waals surface area contributed by atoms with E-state index in [1.807, 2.05) is 78.9 Å². The van der Waals surface area contributed by atoms with Crippen molar-refractivity contribution in [3.8, 4) is 28.7 Å². The lowest BCUT2D eigenvalue weighted by atomic mass is 10.1. The number of benzene rings is 4. The molecule has 4 aromatic carbocycles. The molecule has 4 rings (SSSR count). The third kappa shape index (κ3) is 6.49. The lowest BCUT2D eigenvalue weighted by molar-refractivity contribution is 0.359. The first kappa shape index (κ1) is 24.9. The Morgan fingerprint density at radius 3 is 2.11 bits per heavy atom. The van der Waals surface area contributed by atoms with Gasteiger partial charge in [-0.3, -0.25) is 0 Å². The van der Waals surface area contributed by atoms with Crippen LogP contribution in [-0.4, -0.2) is 27.9 Å². The van der Waals surface area contributed by atoms with Gasteiger partial charge in [0.15, 0.2) is 11.5 Å². The van der Waals surface area contributed by atoms with Gasteiger partial charge < -0.3 is 29.6 Å². The minimum atomic E-state index is 0.577. The Hall–Kier alpha value is -4.16. The number of hydrogen-bond donors (Lipinski definition) is 2. The molecule has 0 atom stereocenters. The molecule has 0 fully saturated rings. The van der Waals surface area contributed by atoms with Crippen molar-refractivity contribution in [3.05, 3.63) is 102 Å². The van der Waals surface area contributed by atoms with Crippen LogP contribution in [0.4, 0.5) is 11.4 Å². The van der Waals surface area contributed by atoms with E-state index in [-0.39, 0.29) is 0 Å². The molecule has 186 valence electrons. The second-order valence-electron chi connectivity index (χ2n) is 8.17. The quantitative estimate of drug-likeness (QED) is 0.222. The highest BCUT2D eigenvalue weighted by Gasteiger charge is 2.17. The Kier molecular flexibility index (Phi) is 8.67. The smallest absolute Gasteiger partial charge is 0.169 e. The van der Waals surface area contributed by atoms with Gasteiger partial charge in [0.1, 0.15) is 17.2 Å². The standard InChI is InChI=1S/C30H32N2O4/c1-33-26-11-7-8-22(20-26)18-19-31-21-27-28(34-2)16-17-29(30(27)35-3)36-25-14-12-24(13-15-25)32-23-9-5-4-6-10-23/h4-17,20,31-32H,18-19,21H2,1-3H3. The Bertz CT molecular complexity index is 1240. The van der Waals surface area contributed by atoms with Crippen molar-refractivity contribution in [2.75, 3.05) is 33.2 Å². The van der Waals surface area contributed by atoms with Crippen molar-refractivity contribution in [3.63, 3.8) is 0 Å². The lowest BCUT2D eigenvalue weighted by Gasteiger charge is -2.18. The minimum Gasteiger partial charge on any atom is -0.497 e. The van der Waals surface area contributed by atoms with Gasteiger partial charge in [-0.15, -0.1) is 0 Å². The SMILES string of the molecule is COc1cccc(CCNCc2c(OC)ccc(Oc3ccc(Nc4ccccc4)cc3)c2OC)c1. The van der Waals surface area contributed by atoms with Gasteiger partial charge >= 0.3 is 0 Å². The number of hydrogen-bond acceptors (Lipinski definition) is 6. The third-order valence-corrected chi connectivity index (χ3v) is 5.78. The van der Waals surface area contributed by atoms with Crippen molar-refractivity contribution in [2.45, 2.75) is 13.0 Å². The van der Waals surface area contributed by atoms with Crippen molar-refractivity contribution in [2.24, 2.45) is 0 Å². The first-order chi connectivity index (χ1) is 17.7. The summed E-state index contributed by atoms with van der Waals surface area (Å²) in [4.78, 5) is 0. The molecule has 36 heavy (non-hydrogen) atoms. The average Bonchev–Trinajstić information content (AvgIpc) is 2.93. The Balaban J connectivity index is 1.42. The Morgan fingerprint density at radius 2 is 1.39 bits per heavy atom. The topological polar surface area (TPSA) is 61.0 Å². The molecule has 6 heteroatoms. The molecular formula is C30H32N2O4. The number of methoxy groups -OCH3 is 3. The molecule has 0 bridgehead atoms. The van der Waals surface area contributed by atoms with Crippen LogP contribution in [0.3, 0.4) is 0 Å². The van der Waals surface area contributed by atoms with Gasteiger partial charge in [0.05, 0.1) is 26.9 Å². The molecule has 0 unspecified atom stereocenters. The van der Waals surface area contributed by atoms with Crippen LogP contribution >= 0.6 is 0 Å². The first-order valence-electron chi connectivity index (χ1n) is 11.9. The second-order valence-corrected chi connectivity index (χ2v) is 8.17. The summed E-state index contributed by atoms with van der Waals surface area (Å²) in [7, 11) is 4.99. The van der Waals surface area contributed by atoms with Crippen molar-refractivity contribution in [1.82, 2.24) is 5.32 Å². The van der Waals surface area contributed by atoms with E-state index in [9.17, 15) is 0 Å². The molecular weight excluding hydrogens is 452 g/mol. The van der Waals surface area contributed by atoms with Gasteiger partial charge in [-0.25, -0.2) is 0 Å². The molecule has 0 heterocycles. The van der Waals surface area contributed by atoms with Gasteiger partial charge in [0.25, 0.3) is 0 Å². The van der Waals surface area contributed by atoms with Crippen molar-refractivity contribution in [1.29, 1.82) is 0 Å². The first-order valence-corrected chi connectivity index (χ1v) is 11.9. The number of para-hydroxylation sites is 1. The van der Waals surface area contributed by atoms with E-state index in [0.717, 1.165) is 41.4 Å². The Labute approximate surface area is 212 Å². The summed E-state index contributed by atoms with van der Waals surface area (Å²) in [6, 6.07) is 29.8. The molecule has 0 saturated carbocycles. The van der Waals surface area contributed by atoms with Gasteiger partial charge in [-0.2, -0.15) is 0 Å². The van der Waals surface area contributed by atoms with Crippen LogP contribution in [0.15, 0.2) is 91.0 Å². The highest BCUT2D eigenvalue weighted by Crippen LogP contribution is 2.40. The number of anilines is 2. The molecule has 0 spiro atoms. The van der Waals surface area contributed by atoms with E-state index in [4.69, 9.17) is 18.9 Å². The van der Waals surface area contributed by atoms with Crippen LogP contribution in [-0.2, 0) is 13.0 Å². The zero-order valence-electron chi connectivity index (χ0n) is 20.9. The largest absolute Gasteiger partial charge is 0.497 e. The minimum absolute atomic E-state index is 0.577. The maximum absolute atomic E-state index is 6.20.